The molecule has 4 aromatic rings. The van der Waals surface area contributed by atoms with Crippen LogP contribution in [0.4, 0.5) is 14.5 Å². The lowest BCUT2D eigenvalue weighted by molar-refractivity contribution is 0.146. The number of halogens is 3. The second kappa shape index (κ2) is 6.40. The highest BCUT2D eigenvalue weighted by Gasteiger charge is 2.22. The molecule has 0 saturated carbocycles. The van der Waals surface area contributed by atoms with Gasteiger partial charge in [0.1, 0.15) is 15.4 Å². The summed E-state index contributed by atoms with van der Waals surface area (Å²) in [4.78, 5) is 4.96. The zero-order chi connectivity index (χ0) is 18.4. The first-order valence-corrected chi connectivity index (χ1v) is 9.13. The van der Waals surface area contributed by atoms with Crippen molar-refractivity contribution in [3.05, 3.63) is 46.1 Å². The molecule has 0 saturated heterocycles. The van der Waals surface area contributed by atoms with Crippen LogP contribution in [0.3, 0.4) is 0 Å². The number of aromatic nitrogens is 3. The first-order valence-electron chi connectivity index (χ1n) is 7.52. The van der Waals surface area contributed by atoms with Crippen molar-refractivity contribution in [3.63, 3.8) is 0 Å². The smallest absolute Gasteiger partial charge is 0.280 e. The van der Waals surface area contributed by atoms with Gasteiger partial charge in [-0.1, -0.05) is 12.1 Å². The number of nitrogens with two attached hydrogens (primary N) is 1. The van der Waals surface area contributed by atoms with Crippen LogP contribution in [0.25, 0.3) is 32.4 Å². The summed E-state index contributed by atoms with van der Waals surface area (Å²) in [6.45, 7) is 1.73. The fraction of sp³-hybridized carbons (Fsp3) is 0.118. The van der Waals surface area contributed by atoms with Crippen molar-refractivity contribution < 1.29 is 13.2 Å². The van der Waals surface area contributed by atoms with Gasteiger partial charge in [0.15, 0.2) is 0 Å². The standard InChI is InChI=1S/C17H11BrF2N4OS/c1-7-6-10(14(19)20)22-17-11(7)12(21)13(26-17)16-24-23-15(25-16)8-4-2-3-5-9(8)18/h2-6,14H,21H2,1H3. The van der Waals surface area contributed by atoms with Gasteiger partial charge in [0, 0.05) is 9.86 Å². The number of hydrogen-bond donors (Lipinski definition) is 1. The predicted molar refractivity (Wildman–Crippen MR) is 100 cm³/mol. The zero-order valence-electron chi connectivity index (χ0n) is 13.3. The Bertz CT molecular complexity index is 1130. The SMILES string of the molecule is Cc1cc(C(F)F)nc2sc(-c3nnc(-c4ccccc4Br)o3)c(N)c12. The van der Waals surface area contributed by atoms with E-state index in [0.29, 0.717) is 32.2 Å². The quantitative estimate of drug-likeness (QED) is 0.451. The van der Waals surface area contributed by atoms with Crippen LogP contribution in [0.1, 0.15) is 17.7 Å². The molecule has 0 amide bonds. The molecular formula is C17H11BrF2N4OS. The van der Waals surface area contributed by atoms with Gasteiger partial charge < -0.3 is 10.2 Å². The minimum atomic E-state index is -2.64. The molecule has 4 rings (SSSR count). The van der Waals surface area contributed by atoms with Crippen LogP contribution >= 0.6 is 27.3 Å². The molecule has 5 nitrogen and oxygen atoms in total. The molecule has 0 spiro atoms. The molecule has 0 aliphatic carbocycles. The molecule has 0 unspecified atom stereocenters. The molecule has 9 heteroatoms. The lowest BCUT2D eigenvalue weighted by atomic mass is 10.1. The summed E-state index contributed by atoms with van der Waals surface area (Å²) in [5, 5.41) is 8.77. The molecule has 0 aliphatic heterocycles. The molecule has 26 heavy (non-hydrogen) atoms. The Hall–Kier alpha value is -2.39. The van der Waals surface area contributed by atoms with Gasteiger partial charge >= 0.3 is 0 Å². The Morgan fingerprint density at radius 1 is 1.19 bits per heavy atom. The fourth-order valence-corrected chi connectivity index (χ4v) is 4.22. The van der Waals surface area contributed by atoms with Gasteiger partial charge in [-0.2, -0.15) is 0 Å². The largest absolute Gasteiger partial charge is 0.415 e. The molecule has 0 radical (unpaired) electrons. The molecular weight excluding hydrogens is 426 g/mol. The molecule has 0 fully saturated rings. The summed E-state index contributed by atoms with van der Waals surface area (Å²) < 4.78 is 32.6. The number of hydrogen-bond acceptors (Lipinski definition) is 6. The molecule has 0 aliphatic rings. The van der Waals surface area contributed by atoms with Gasteiger partial charge in [-0.05, 0) is 46.6 Å². The summed E-state index contributed by atoms with van der Waals surface area (Å²) in [5.74, 6) is 0.566. The highest BCUT2D eigenvalue weighted by atomic mass is 79.9. The zero-order valence-corrected chi connectivity index (χ0v) is 15.7. The summed E-state index contributed by atoms with van der Waals surface area (Å²) in [6, 6.07) is 8.80. The average molecular weight is 437 g/mol. The van der Waals surface area contributed by atoms with E-state index in [4.69, 9.17) is 10.2 Å². The minimum Gasteiger partial charge on any atom is -0.415 e. The van der Waals surface area contributed by atoms with E-state index < -0.39 is 6.43 Å². The van der Waals surface area contributed by atoms with E-state index in [1.165, 1.54) is 6.07 Å². The lowest BCUT2D eigenvalue weighted by Gasteiger charge is -2.02. The van der Waals surface area contributed by atoms with Crippen molar-refractivity contribution in [3.8, 4) is 22.2 Å². The van der Waals surface area contributed by atoms with Gasteiger partial charge in [0.25, 0.3) is 12.3 Å². The van der Waals surface area contributed by atoms with Crippen LogP contribution < -0.4 is 5.73 Å². The molecule has 3 aromatic heterocycles. The summed E-state index contributed by atoms with van der Waals surface area (Å²) >= 11 is 4.60. The van der Waals surface area contributed by atoms with Crippen LogP contribution in [0, 0.1) is 6.92 Å². The number of benzene rings is 1. The third kappa shape index (κ3) is 2.77. The highest BCUT2D eigenvalue weighted by Crippen LogP contribution is 2.42. The molecule has 3 heterocycles. The predicted octanol–water partition coefficient (Wildman–Crippen LogP) is 5.60. The normalized spacial score (nSPS) is 11.6. The van der Waals surface area contributed by atoms with Gasteiger partial charge in [-0.25, -0.2) is 13.8 Å². The highest BCUT2D eigenvalue weighted by molar-refractivity contribution is 9.10. The van der Waals surface area contributed by atoms with Crippen LogP contribution in [0.15, 0.2) is 39.2 Å². The second-order valence-corrected chi connectivity index (χ2v) is 7.44. The van der Waals surface area contributed by atoms with E-state index in [9.17, 15) is 8.78 Å². The molecule has 1 aromatic carbocycles. The number of rotatable bonds is 3. The maximum atomic E-state index is 13.0. The van der Waals surface area contributed by atoms with Crippen molar-refractivity contribution in [1.82, 2.24) is 15.2 Å². The van der Waals surface area contributed by atoms with Gasteiger partial charge in [0.05, 0.1) is 11.3 Å². The first kappa shape index (κ1) is 17.0. The minimum absolute atomic E-state index is 0.231. The summed E-state index contributed by atoms with van der Waals surface area (Å²) in [5.41, 5.74) is 7.73. The van der Waals surface area contributed by atoms with Crippen molar-refractivity contribution in [2.24, 2.45) is 0 Å². The van der Waals surface area contributed by atoms with Crippen LogP contribution in [-0.4, -0.2) is 15.2 Å². The number of nitrogens with zero attached hydrogens (tertiary/aromatic N) is 3. The van der Waals surface area contributed by atoms with E-state index in [2.05, 4.69) is 31.1 Å². The number of nitrogen functional groups attached to an aromatic ring is 1. The van der Waals surface area contributed by atoms with Crippen LogP contribution in [0.2, 0.25) is 0 Å². The van der Waals surface area contributed by atoms with Crippen LogP contribution in [-0.2, 0) is 0 Å². The Labute approximate surface area is 159 Å². The number of anilines is 1. The van der Waals surface area contributed by atoms with Crippen molar-refractivity contribution in [2.75, 3.05) is 5.73 Å². The third-order valence-electron chi connectivity index (χ3n) is 3.86. The third-order valence-corrected chi connectivity index (χ3v) is 5.64. The Balaban J connectivity index is 1.84. The van der Waals surface area contributed by atoms with Crippen molar-refractivity contribution in [2.45, 2.75) is 13.3 Å². The maximum absolute atomic E-state index is 13.0. The first-order chi connectivity index (χ1) is 12.5. The lowest BCUT2D eigenvalue weighted by Crippen LogP contribution is -1.93. The number of pyridine rings is 1. The van der Waals surface area contributed by atoms with Gasteiger partial charge in [-0.15, -0.1) is 21.5 Å². The van der Waals surface area contributed by atoms with Crippen molar-refractivity contribution >= 4 is 43.2 Å². The topological polar surface area (TPSA) is 77.8 Å². The number of thiophene rings is 1. The molecule has 0 atom stereocenters. The van der Waals surface area contributed by atoms with E-state index >= 15 is 0 Å². The number of fused-ring (bicyclic) bond motifs is 1. The fourth-order valence-electron chi connectivity index (χ4n) is 2.66. The number of alkyl halides is 2. The van der Waals surface area contributed by atoms with Crippen molar-refractivity contribution in [1.29, 1.82) is 0 Å². The Kier molecular flexibility index (Phi) is 4.20. The molecule has 2 N–H and O–H groups in total. The van der Waals surface area contributed by atoms with Gasteiger partial charge in [0.2, 0.25) is 5.89 Å². The maximum Gasteiger partial charge on any atom is 0.280 e. The monoisotopic (exact) mass is 436 g/mol. The average Bonchev–Trinajstić information content (AvgIpc) is 3.20. The van der Waals surface area contributed by atoms with E-state index in [1.54, 1.807) is 6.92 Å². The summed E-state index contributed by atoms with van der Waals surface area (Å²) in [7, 11) is 0. The Morgan fingerprint density at radius 2 is 1.92 bits per heavy atom. The number of aryl methyl sites for hydroxylation is 1. The molecule has 0 bridgehead atoms. The van der Waals surface area contributed by atoms with E-state index in [0.717, 1.165) is 21.4 Å². The Morgan fingerprint density at radius 3 is 2.65 bits per heavy atom. The molecule has 132 valence electrons. The second-order valence-electron chi connectivity index (χ2n) is 5.58. The van der Waals surface area contributed by atoms with E-state index in [1.807, 2.05) is 24.3 Å². The van der Waals surface area contributed by atoms with Gasteiger partial charge in [-0.3, -0.25) is 0 Å². The van der Waals surface area contributed by atoms with E-state index in [-0.39, 0.29) is 11.6 Å². The summed E-state index contributed by atoms with van der Waals surface area (Å²) in [6.07, 6.45) is -2.64. The van der Waals surface area contributed by atoms with Crippen LogP contribution in [0.5, 0.6) is 0 Å².